The molecule has 0 amide bonds. The van der Waals surface area contributed by atoms with Gasteiger partial charge in [-0.25, -0.2) is 0 Å². The van der Waals surface area contributed by atoms with Gasteiger partial charge in [-0.1, -0.05) is 76.0 Å². The number of rotatable bonds is 3. The van der Waals surface area contributed by atoms with E-state index in [4.69, 9.17) is 4.74 Å². The van der Waals surface area contributed by atoms with Crippen LogP contribution in [0.15, 0.2) is 11.6 Å². The van der Waals surface area contributed by atoms with Crippen LogP contribution in [0.5, 0.6) is 0 Å². The van der Waals surface area contributed by atoms with E-state index in [2.05, 4.69) is 70.5 Å². The van der Waals surface area contributed by atoms with Gasteiger partial charge in [0.1, 0.15) is 6.61 Å². The highest BCUT2D eigenvalue weighted by molar-refractivity contribution is 9.09. The molecule has 0 saturated heterocycles. The topological polar surface area (TPSA) is 46.5 Å². The lowest BCUT2D eigenvalue weighted by Gasteiger charge is -2.71. The van der Waals surface area contributed by atoms with Gasteiger partial charge in [0.25, 0.3) is 0 Å². The molecule has 0 aromatic rings. The Morgan fingerprint density at radius 2 is 1.72 bits per heavy atom. The van der Waals surface area contributed by atoms with E-state index >= 15 is 0 Å². The molecule has 1 N–H and O–H groups in total. The smallest absolute Gasteiger partial charge is 0.312 e. The van der Waals surface area contributed by atoms with Crippen molar-refractivity contribution in [3.8, 4) is 0 Å². The molecule has 0 bridgehead atoms. The number of esters is 1. The van der Waals surface area contributed by atoms with E-state index < -0.39 is 0 Å². The molecule has 0 aliphatic heterocycles. The maximum atomic E-state index is 13.8. The average molecular weight is 564 g/mol. The van der Waals surface area contributed by atoms with Crippen molar-refractivity contribution in [1.82, 2.24) is 0 Å². The summed E-state index contributed by atoms with van der Waals surface area (Å²) in [6.45, 7) is 17.7. The van der Waals surface area contributed by atoms with E-state index in [9.17, 15) is 9.90 Å². The molecule has 0 spiro atoms. The van der Waals surface area contributed by atoms with Gasteiger partial charge in [0.15, 0.2) is 0 Å². The number of alkyl halides is 1. The van der Waals surface area contributed by atoms with Crippen molar-refractivity contribution in [2.75, 3.05) is 11.9 Å². The molecule has 4 fully saturated rings. The summed E-state index contributed by atoms with van der Waals surface area (Å²) in [4.78, 5) is 13.8. The highest BCUT2D eigenvalue weighted by atomic mass is 79.9. The zero-order valence-electron chi connectivity index (χ0n) is 24.0. The van der Waals surface area contributed by atoms with Gasteiger partial charge in [0.2, 0.25) is 0 Å². The Kier molecular flexibility index (Phi) is 6.68. The molecular weight excluding hydrogens is 512 g/mol. The van der Waals surface area contributed by atoms with Gasteiger partial charge in [0, 0.05) is 5.33 Å². The van der Waals surface area contributed by atoms with Crippen molar-refractivity contribution in [2.45, 2.75) is 112 Å². The van der Waals surface area contributed by atoms with Crippen molar-refractivity contribution in [2.24, 2.45) is 56.7 Å². The minimum absolute atomic E-state index is 0.0204. The summed E-state index contributed by atoms with van der Waals surface area (Å²) in [6, 6.07) is 0. The predicted octanol–water partition coefficient (Wildman–Crippen LogP) is 7.94. The monoisotopic (exact) mass is 562 g/mol. The largest absolute Gasteiger partial charge is 0.464 e. The Morgan fingerprint density at radius 1 is 1.00 bits per heavy atom. The SMILES string of the molecule is C[C@@H]1CC[C@]2(C(=O)OCCBr)CC[C@]3(C)C(=CCC4[C@@]5(C)CC[C@H](O)C(C)(C)C5CC[C@]43C)C2[C@H]1C. The van der Waals surface area contributed by atoms with E-state index in [0.29, 0.717) is 41.5 Å². The molecule has 10 atom stereocenters. The van der Waals surface area contributed by atoms with E-state index in [1.807, 2.05) is 0 Å². The molecule has 3 unspecified atom stereocenters. The predicted molar refractivity (Wildman–Crippen MR) is 150 cm³/mol. The highest BCUT2D eigenvalue weighted by Crippen LogP contribution is 2.75. The summed E-state index contributed by atoms with van der Waals surface area (Å²) in [6.07, 6.45) is 12.3. The summed E-state index contributed by atoms with van der Waals surface area (Å²) < 4.78 is 5.90. The number of allylic oxidation sites excluding steroid dienone is 2. The molecule has 4 saturated carbocycles. The molecule has 4 heteroatoms. The van der Waals surface area contributed by atoms with Crippen molar-refractivity contribution in [1.29, 1.82) is 0 Å². The zero-order valence-corrected chi connectivity index (χ0v) is 25.5. The van der Waals surface area contributed by atoms with Gasteiger partial charge in [-0.3, -0.25) is 4.79 Å². The highest BCUT2D eigenvalue weighted by Gasteiger charge is 2.69. The second kappa shape index (κ2) is 8.83. The first-order valence-electron chi connectivity index (χ1n) is 14.9. The molecule has 5 aliphatic rings. The Labute approximate surface area is 228 Å². The fourth-order valence-corrected chi connectivity index (χ4v) is 11.3. The zero-order chi connectivity index (χ0) is 26.3. The van der Waals surface area contributed by atoms with Crippen LogP contribution in [0.25, 0.3) is 0 Å². The maximum absolute atomic E-state index is 13.8. The quantitative estimate of drug-likeness (QED) is 0.215. The third kappa shape index (κ3) is 3.40. The van der Waals surface area contributed by atoms with Crippen LogP contribution in [0.3, 0.4) is 0 Å². The van der Waals surface area contributed by atoms with Crippen molar-refractivity contribution in [3.63, 3.8) is 0 Å². The molecular formula is C32H51BrO3. The Morgan fingerprint density at radius 3 is 2.42 bits per heavy atom. The lowest BCUT2D eigenvalue weighted by atomic mass is 9.33. The molecule has 204 valence electrons. The van der Waals surface area contributed by atoms with Crippen LogP contribution in [0, 0.1) is 56.7 Å². The van der Waals surface area contributed by atoms with Crippen LogP contribution in [-0.4, -0.2) is 29.1 Å². The number of halogens is 1. The van der Waals surface area contributed by atoms with Crippen molar-refractivity contribution >= 4 is 21.9 Å². The van der Waals surface area contributed by atoms with Crippen LogP contribution in [-0.2, 0) is 9.53 Å². The number of carbonyl (C=O) groups excluding carboxylic acids is 1. The summed E-state index contributed by atoms with van der Waals surface area (Å²) in [5, 5.41) is 11.7. The first-order chi connectivity index (χ1) is 16.8. The van der Waals surface area contributed by atoms with Crippen LogP contribution >= 0.6 is 15.9 Å². The van der Waals surface area contributed by atoms with Crippen LogP contribution in [0.1, 0.15) is 106 Å². The molecule has 0 radical (unpaired) electrons. The lowest BCUT2D eigenvalue weighted by Crippen LogP contribution is -2.65. The van der Waals surface area contributed by atoms with Gasteiger partial charge in [-0.2, -0.15) is 0 Å². The third-order valence-corrected chi connectivity index (χ3v) is 14.0. The number of hydrogen-bond acceptors (Lipinski definition) is 3. The lowest BCUT2D eigenvalue weighted by molar-refractivity contribution is -0.207. The van der Waals surface area contributed by atoms with E-state index in [1.165, 1.54) is 12.8 Å². The minimum Gasteiger partial charge on any atom is -0.464 e. The van der Waals surface area contributed by atoms with E-state index in [0.717, 1.165) is 44.9 Å². The Balaban J connectivity index is 1.58. The van der Waals surface area contributed by atoms with Gasteiger partial charge >= 0.3 is 5.97 Å². The van der Waals surface area contributed by atoms with Crippen molar-refractivity contribution < 1.29 is 14.6 Å². The number of ether oxygens (including phenoxy) is 1. The van der Waals surface area contributed by atoms with Crippen LogP contribution in [0.4, 0.5) is 0 Å². The summed E-state index contributed by atoms with van der Waals surface area (Å²) in [5.74, 6) is 2.71. The fraction of sp³-hybridized carbons (Fsp3) is 0.906. The van der Waals surface area contributed by atoms with Gasteiger partial charge in [0.05, 0.1) is 11.5 Å². The summed E-state index contributed by atoms with van der Waals surface area (Å²) in [5.41, 5.74) is 1.86. The number of fused-ring (bicyclic) bond motifs is 7. The third-order valence-electron chi connectivity index (χ3n) is 13.7. The Bertz CT molecular complexity index is 926. The van der Waals surface area contributed by atoms with E-state index in [-0.39, 0.29) is 39.1 Å². The summed E-state index contributed by atoms with van der Waals surface area (Å²) in [7, 11) is 0. The van der Waals surface area contributed by atoms with Gasteiger partial charge in [-0.15, -0.1) is 0 Å². The molecule has 36 heavy (non-hydrogen) atoms. The van der Waals surface area contributed by atoms with E-state index in [1.54, 1.807) is 5.57 Å². The number of hydrogen-bond donors (Lipinski definition) is 1. The molecule has 5 aliphatic carbocycles. The van der Waals surface area contributed by atoms with Crippen molar-refractivity contribution in [3.05, 3.63) is 11.6 Å². The first-order valence-corrected chi connectivity index (χ1v) is 16.0. The summed E-state index contributed by atoms with van der Waals surface area (Å²) >= 11 is 3.46. The first kappa shape index (κ1) is 27.2. The second-order valence-corrected chi connectivity index (χ2v) is 15.8. The normalized spacial score (nSPS) is 51.6. The minimum atomic E-state index is -0.347. The fourth-order valence-electron chi connectivity index (χ4n) is 11.1. The molecule has 0 aromatic carbocycles. The standard InChI is InChI=1S/C32H51BrO3/c1-20-10-15-32(27(35)36-19-18-33)17-16-30(6)22(26(32)21(20)2)8-9-24-29(5)13-12-25(34)28(3,4)23(29)11-14-31(24,30)7/h8,20-21,23-26,34H,9-19H2,1-7H3/t20-,21+,23?,24?,25+,26?,29+,30-,31-,32+/m1/s1. The Hall–Kier alpha value is -0.350. The second-order valence-electron chi connectivity index (χ2n) is 15.0. The van der Waals surface area contributed by atoms with Gasteiger partial charge < -0.3 is 9.84 Å². The van der Waals surface area contributed by atoms with Crippen LogP contribution < -0.4 is 0 Å². The van der Waals surface area contributed by atoms with Crippen LogP contribution in [0.2, 0.25) is 0 Å². The molecule has 0 aromatic heterocycles. The molecule has 0 heterocycles. The van der Waals surface area contributed by atoms with Gasteiger partial charge in [-0.05, 0) is 109 Å². The molecule has 5 rings (SSSR count). The number of carbonyl (C=O) groups is 1. The number of aliphatic hydroxyl groups is 1. The average Bonchev–Trinajstić information content (AvgIpc) is 2.83. The molecule has 3 nitrogen and oxygen atoms in total. The maximum Gasteiger partial charge on any atom is 0.312 e. The number of aliphatic hydroxyl groups excluding tert-OH is 1.